The van der Waals surface area contributed by atoms with E-state index in [4.69, 9.17) is 13.9 Å². The minimum absolute atomic E-state index is 0.00446. The summed E-state index contributed by atoms with van der Waals surface area (Å²) in [6.45, 7) is 13.8. The number of hydrogen-bond acceptors (Lipinski definition) is 6. The summed E-state index contributed by atoms with van der Waals surface area (Å²) in [6, 6.07) is 9.74. The standard InChI is InChI=1S/C24H36O6Si/c1-17(25)22(18(2)26)24(27)14-13-20(28-15-19-11-9-8-10-12-19)21(30-24)16-29-31(6,7)23(3,4)5/h8-14,20-22,27H,15-16H2,1-7H3/t20-,21-,24?/m0/s1. The van der Waals surface area contributed by atoms with Crippen molar-refractivity contribution < 1.29 is 28.6 Å². The molecule has 1 aromatic rings. The lowest BCUT2D eigenvalue weighted by Crippen LogP contribution is -2.55. The van der Waals surface area contributed by atoms with Crippen molar-refractivity contribution >= 4 is 19.9 Å². The van der Waals surface area contributed by atoms with E-state index in [1.54, 1.807) is 6.08 Å². The maximum Gasteiger partial charge on any atom is 0.202 e. The average molecular weight is 449 g/mol. The summed E-state index contributed by atoms with van der Waals surface area (Å²) < 4.78 is 18.4. The molecule has 0 amide bonds. The van der Waals surface area contributed by atoms with E-state index in [-0.39, 0.29) is 11.6 Å². The van der Waals surface area contributed by atoms with Gasteiger partial charge in [0.25, 0.3) is 0 Å². The van der Waals surface area contributed by atoms with Gasteiger partial charge < -0.3 is 19.0 Å². The molecule has 0 fully saturated rings. The predicted octanol–water partition coefficient (Wildman–Crippen LogP) is 4.03. The maximum atomic E-state index is 12.1. The zero-order valence-electron chi connectivity index (χ0n) is 19.7. The third-order valence-corrected chi connectivity index (χ3v) is 10.7. The van der Waals surface area contributed by atoms with E-state index in [9.17, 15) is 14.7 Å². The second-order valence-electron chi connectivity index (χ2n) is 9.75. The Bertz CT molecular complexity index is 784. The number of ether oxygens (including phenoxy) is 2. The number of carbonyl (C=O) groups excluding carboxylic acids is 2. The van der Waals surface area contributed by atoms with Gasteiger partial charge in [-0.15, -0.1) is 0 Å². The first-order valence-electron chi connectivity index (χ1n) is 10.7. The van der Waals surface area contributed by atoms with E-state index >= 15 is 0 Å². The van der Waals surface area contributed by atoms with Crippen LogP contribution < -0.4 is 0 Å². The second-order valence-corrected chi connectivity index (χ2v) is 14.6. The smallest absolute Gasteiger partial charge is 0.202 e. The Morgan fingerprint density at radius 3 is 2.26 bits per heavy atom. The fourth-order valence-corrected chi connectivity index (χ4v) is 4.32. The number of ketones is 2. The van der Waals surface area contributed by atoms with Crippen LogP contribution in [0.25, 0.3) is 0 Å². The number of Topliss-reactive ketones (excluding diaryl/α,β-unsaturated/α-hetero) is 2. The number of aliphatic hydroxyl groups is 1. The molecule has 6 nitrogen and oxygen atoms in total. The van der Waals surface area contributed by atoms with Crippen LogP contribution in [0.2, 0.25) is 18.1 Å². The van der Waals surface area contributed by atoms with Gasteiger partial charge in [-0.1, -0.05) is 57.2 Å². The van der Waals surface area contributed by atoms with Crippen molar-refractivity contribution in [2.75, 3.05) is 6.61 Å². The van der Waals surface area contributed by atoms with Gasteiger partial charge in [0.2, 0.25) is 5.79 Å². The Labute approximate surface area is 186 Å². The average Bonchev–Trinajstić information content (AvgIpc) is 2.64. The van der Waals surface area contributed by atoms with E-state index in [1.807, 2.05) is 30.3 Å². The van der Waals surface area contributed by atoms with E-state index < -0.39 is 43.8 Å². The van der Waals surface area contributed by atoms with Gasteiger partial charge in [-0.25, -0.2) is 0 Å². The van der Waals surface area contributed by atoms with Crippen LogP contribution in [0.15, 0.2) is 42.5 Å². The largest absolute Gasteiger partial charge is 0.414 e. The summed E-state index contributed by atoms with van der Waals surface area (Å²) >= 11 is 0. The molecule has 1 heterocycles. The van der Waals surface area contributed by atoms with Crippen LogP contribution in [0.3, 0.4) is 0 Å². The molecule has 0 aromatic heterocycles. The minimum atomic E-state index is -2.10. The van der Waals surface area contributed by atoms with Gasteiger partial charge in [0, 0.05) is 0 Å². The Balaban J connectivity index is 2.26. The van der Waals surface area contributed by atoms with Crippen molar-refractivity contribution in [3.63, 3.8) is 0 Å². The fourth-order valence-electron chi connectivity index (χ4n) is 3.30. The van der Waals surface area contributed by atoms with Crippen LogP contribution in [0.1, 0.15) is 40.2 Å². The van der Waals surface area contributed by atoms with Crippen molar-refractivity contribution in [1.29, 1.82) is 0 Å². The van der Waals surface area contributed by atoms with Gasteiger partial charge in [0.05, 0.1) is 13.2 Å². The lowest BCUT2D eigenvalue weighted by Gasteiger charge is -2.42. The minimum Gasteiger partial charge on any atom is -0.414 e. The number of rotatable bonds is 9. The lowest BCUT2D eigenvalue weighted by atomic mass is 9.88. The molecule has 0 bridgehead atoms. The topological polar surface area (TPSA) is 82.1 Å². The van der Waals surface area contributed by atoms with E-state index in [0.717, 1.165) is 5.56 Å². The van der Waals surface area contributed by atoms with E-state index in [1.165, 1.54) is 19.9 Å². The summed E-state index contributed by atoms with van der Waals surface area (Å²) in [5.74, 6) is -4.22. The SMILES string of the molecule is CC(=O)C(C(C)=O)C1(O)C=C[C@H](OCc2ccccc2)[C@H](CO[Si](C)(C)C(C)(C)C)O1. The third kappa shape index (κ3) is 6.43. The Hall–Kier alpha value is -1.64. The molecule has 0 saturated heterocycles. The van der Waals surface area contributed by atoms with Gasteiger partial charge in [-0.05, 0) is 43.6 Å². The number of hydrogen-bond donors (Lipinski definition) is 1. The molecule has 0 saturated carbocycles. The molecule has 0 aliphatic carbocycles. The number of carbonyl (C=O) groups is 2. The molecule has 1 unspecified atom stereocenters. The molecule has 0 radical (unpaired) electrons. The maximum absolute atomic E-state index is 12.1. The monoisotopic (exact) mass is 448 g/mol. The molecule has 2 rings (SSSR count). The first-order chi connectivity index (χ1) is 14.3. The zero-order valence-corrected chi connectivity index (χ0v) is 20.7. The molecule has 3 atom stereocenters. The second kappa shape index (κ2) is 9.88. The first-order valence-corrected chi connectivity index (χ1v) is 13.6. The highest BCUT2D eigenvalue weighted by Gasteiger charge is 2.48. The summed E-state index contributed by atoms with van der Waals surface area (Å²) in [7, 11) is -2.10. The molecule has 172 valence electrons. The van der Waals surface area contributed by atoms with Gasteiger partial charge in [0.15, 0.2) is 8.32 Å². The zero-order chi connectivity index (χ0) is 23.4. The van der Waals surface area contributed by atoms with Crippen molar-refractivity contribution in [2.45, 2.75) is 77.4 Å². The quantitative estimate of drug-likeness (QED) is 0.349. The van der Waals surface area contributed by atoms with E-state index in [0.29, 0.717) is 6.61 Å². The summed E-state index contributed by atoms with van der Waals surface area (Å²) in [4.78, 5) is 24.2. The van der Waals surface area contributed by atoms with Crippen LogP contribution in [0, 0.1) is 5.92 Å². The van der Waals surface area contributed by atoms with Gasteiger partial charge in [-0.3, -0.25) is 9.59 Å². The van der Waals surface area contributed by atoms with Crippen molar-refractivity contribution in [1.82, 2.24) is 0 Å². The summed E-state index contributed by atoms with van der Waals surface area (Å²) in [5, 5.41) is 11.1. The van der Waals surface area contributed by atoms with Crippen molar-refractivity contribution in [3.05, 3.63) is 48.0 Å². The van der Waals surface area contributed by atoms with Crippen LogP contribution in [0.4, 0.5) is 0 Å². The predicted molar refractivity (Wildman–Crippen MR) is 122 cm³/mol. The molecule has 31 heavy (non-hydrogen) atoms. The van der Waals surface area contributed by atoms with Crippen LogP contribution >= 0.6 is 0 Å². The molecule has 7 heteroatoms. The lowest BCUT2D eigenvalue weighted by molar-refractivity contribution is -0.250. The highest BCUT2D eigenvalue weighted by molar-refractivity contribution is 6.74. The van der Waals surface area contributed by atoms with Crippen LogP contribution in [-0.4, -0.2) is 49.6 Å². The molecular weight excluding hydrogens is 412 g/mol. The Morgan fingerprint density at radius 1 is 1.16 bits per heavy atom. The summed E-state index contributed by atoms with van der Waals surface area (Å²) in [5.41, 5.74) is 1.01. The van der Waals surface area contributed by atoms with Crippen molar-refractivity contribution in [3.8, 4) is 0 Å². The first kappa shape index (κ1) is 25.6. The van der Waals surface area contributed by atoms with Gasteiger partial charge >= 0.3 is 0 Å². The van der Waals surface area contributed by atoms with Crippen LogP contribution in [-0.2, 0) is 30.1 Å². The molecule has 1 aliphatic heterocycles. The van der Waals surface area contributed by atoms with Crippen molar-refractivity contribution in [2.24, 2.45) is 5.92 Å². The Kier molecular flexibility index (Phi) is 8.16. The molecule has 1 aromatic carbocycles. The van der Waals surface area contributed by atoms with Crippen LogP contribution in [0.5, 0.6) is 0 Å². The van der Waals surface area contributed by atoms with Gasteiger partial charge in [-0.2, -0.15) is 0 Å². The van der Waals surface area contributed by atoms with E-state index in [2.05, 4.69) is 33.9 Å². The normalized spacial score (nSPS) is 24.4. The fraction of sp³-hybridized carbons (Fsp3) is 0.583. The molecular formula is C24H36O6Si. The summed E-state index contributed by atoms with van der Waals surface area (Å²) in [6.07, 6.45) is 1.86. The Morgan fingerprint density at radius 2 is 1.74 bits per heavy atom. The molecule has 1 aliphatic rings. The number of benzene rings is 1. The highest BCUT2D eigenvalue weighted by Crippen LogP contribution is 2.38. The third-order valence-electron chi connectivity index (χ3n) is 6.16. The molecule has 0 spiro atoms. The highest BCUT2D eigenvalue weighted by atomic mass is 28.4. The molecule has 1 N–H and O–H groups in total. The van der Waals surface area contributed by atoms with Gasteiger partial charge in [0.1, 0.15) is 29.7 Å².